The summed E-state index contributed by atoms with van der Waals surface area (Å²) in [7, 11) is 0. The molecule has 4 heteroatoms. The van der Waals surface area contributed by atoms with Gasteiger partial charge in [-0.15, -0.1) is 0 Å². The molecule has 0 bridgehead atoms. The van der Waals surface area contributed by atoms with Crippen LogP contribution in [0, 0.1) is 5.92 Å². The van der Waals surface area contributed by atoms with Gasteiger partial charge < -0.3 is 11.1 Å². The maximum atomic E-state index is 11.8. The summed E-state index contributed by atoms with van der Waals surface area (Å²) in [6, 6.07) is 0.103. The summed E-state index contributed by atoms with van der Waals surface area (Å²) in [6.45, 7) is 9.56. The lowest BCUT2D eigenvalue weighted by Gasteiger charge is -2.31. The predicted molar refractivity (Wildman–Crippen MR) is 75.3 cm³/mol. The molecule has 0 aliphatic carbocycles. The van der Waals surface area contributed by atoms with E-state index < -0.39 is 0 Å². The van der Waals surface area contributed by atoms with Crippen LogP contribution in [0.5, 0.6) is 0 Å². The van der Waals surface area contributed by atoms with Crippen molar-refractivity contribution in [2.45, 2.75) is 58.5 Å². The second-order valence-electron chi connectivity index (χ2n) is 5.69. The van der Waals surface area contributed by atoms with Crippen molar-refractivity contribution in [3.05, 3.63) is 0 Å². The molecule has 2 unspecified atom stereocenters. The summed E-state index contributed by atoms with van der Waals surface area (Å²) < 4.78 is 0. The molecule has 0 saturated carbocycles. The Morgan fingerprint density at radius 3 is 2.44 bits per heavy atom. The van der Waals surface area contributed by atoms with Gasteiger partial charge in [0.15, 0.2) is 0 Å². The van der Waals surface area contributed by atoms with E-state index in [4.69, 9.17) is 5.73 Å². The number of hydrogen-bond donors (Lipinski definition) is 2. The zero-order valence-electron chi connectivity index (χ0n) is 12.1. The molecule has 0 aromatic carbocycles. The van der Waals surface area contributed by atoms with Gasteiger partial charge in [-0.1, -0.05) is 27.2 Å². The van der Waals surface area contributed by atoms with E-state index in [2.05, 4.69) is 24.1 Å². The molecule has 106 valence electrons. The van der Waals surface area contributed by atoms with Crippen molar-refractivity contribution in [2.24, 2.45) is 11.7 Å². The quantitative estimate of drug-likeness (QED) is 0.722. The Morgan fingerprint density at radius 1 is 1.33 bits per heavy atom. The van der Waals surface area contributed by atoms with Gasteiger partial charge in [0.1, 0.15) is 0 Å². The molecule has 1 fully saturated rings. The second-order valence-corrected chi connectivity index (χ2v) is 5.69. The molecule has 1 amide bonds. The van der Waals surface area contributed by atoms with Gasteiger partial charge in [0.2, 0.25) is 5.91 Å². The molecule has 1 aliphatic heterocycles. The Labute approximate surface area is 111 Å². The minimum atomic E-state index is -0.346. The Balaban J connectivity index is 2.39. The van der Waals surface area contributed by atoms with Crippen molar-refractivity contribution >= 4 is 5.91 Å². The van der Waals surface area contributed by atoms with Gasteiger partial charge in [0.25, 0.3) is 0 Å². The lowest BCUT2D eigenvalue weighted by molar-refractivity contribution is -0.122. The minimum absolute atomic E-state index is 0.00157. The van der Waals surface area contributed by atoms with E-state index in [0.29, 0.717) is 12.0 Å². The van der Waals surface area contributed by atoms with Crippen LogP contribution < -0.4 is 11.1 Å². The zero-order chi connectivity index (χ0) is 13.5. The van der Waals surface area contributed by atoms with Crippen LogP contribution in [-0.4, -0.2) is 42.5 Å². The maximum Gasteiger partial charge on any atom is 0.236 e. The molecule has 2 atom stereocenters. The Bertz CT molecular complexity index is 249. The summed E-state index contributed by atoms with van der Waals surface area (Å²) in [5.41, 5.74) is 5.82. The molecule has 1 heterocycles. The number of rotatable bonds is 7. The maximum absolute atomic E-state index is 11.8. The average Bonchev–Trinajstić information content (AvgIpc) is 2.82. The highest BCUT2D eigenvalue weighted by molar-refractivity contribution is 5.81. The molecular weight excluding hydrogens is 226 g/mol. The molecule has 3 N–H and O–H groups in total. The Morgan fingerprint density at radius 2 is 1.94 bits per heavy atom. The number of nitrogens with one attached hydrogen (secondary N) is 1. The van der Waals surface area contributed by atoms with Crippen LogP contribution in [0.3, 0.4) is 0 Å². The monoisotopic (exact) mass is 255 g/mol. The summed E-state index contributed by atoms with van der Waals surface area (Å²) >= 11 is 0. The largest absolute Gasteiger partial charge is 0.353 e. The third-order valence-corrected chi connectivity index (χ3v) is 3.80. The Hall–Kier alpha value is -0.610. The van der Waals surface area contributed by atoms with Crippen LogP contribution in [-0.2, 0) is 4.79 Å². The molecule has 0 aromatic rings. The first-order valence-corrected chi connectivity index (χ1v) is 7.33. The number of amides is 1. The van der Waals surface area contributed by atoms with Gasteiger partial charge >= 0.3 is 0 Å². The fraction of sp³-hybridized carbons (Fsp3) is 0.929. The first kappa shape index (κ1) is 15.4. The third kappa shape index (κ3) is 4.58. The molecule has 1 rings (SSSR count). The number of likely N-dealkylation sites (tertiary alicyclic amines) is 1. The lowest BCUT2D eigenvalue weighted by Crippen LogP contribution is -2.49. The van der Waals surface area contributed by atoms with Gasteiger partial charge in [-0.2, -0.15) is 0 Å². The van der Waals surface area contributed by atoms with Gasteiger partial charge in [0, 0.05) is 12.6 Å². The first-order valence-electron chi connectivity index (χ1n) is 7.33. The molecule has 0 spiro atoms. The van der Waals surface area contributed by atoms with E-state index in [9.17, 15) is 4.79 Å². The molecule has 1 aliphatic rings. The van der Waals surface area contributed by atoms with Crippen LogP contribution in [0.15, 0.2) is 0 Å². The van der Waals surface area contributed by atoms with Crippen LogP contribution in [0.25, 0.3) is 0 Å². The second kappa shape index (κ2) is 7.74. The highest BCUT2D eigenvalue weighted by atomic mass is 16.2. The fourth-order valence-corrected chi connectivity index (χ4v) is 2.64. The number of carbonyl (C=O) groups is 1. The third-order valence-electron chi connectivity index (χ3n) is 3.80. The Kier molecular flexibility index (Phi) is 6.65. The van der Waals surface area contributed by atoms with Crippen molar-refractivity contribution in [3.63, 3.8) is 0 Å². The topological polar surface area (TPSA) is 58.4 Å². The normalized spacial score (nSPS) is 20.1. The van der Waals surface area contributed by atoms with Crippen molar-refractivity contribution in [1.29, 1.82) is 0 Å². The van der Waals surface area contributed by atoms with Gasteiger partial charge in [-0.05, 0) is 38.3 Å². The number of hydrogen-bond acceptors (Lipinski definition) is 3. The summed E-state index contributed by atoms with van der Waals surface area (Å²) in [5.74, 6) is 0.562. The smallest absolute Gasteiger partial charge is 0.236 e. The van der Waals surface area contributed by atoms with E-state index in [1.807, 2.05) is 6.92 Å². The molecule has 0 aromatic heterocycles. The van der Waals surface area contributed by atoms with Gasteiger partial charge in [-0.25, -0.2) is 0 Å². The molecular formula is C14H29N3O. The number of nitrogens with two attached hydrogens (primary N) is 1. The first-order chi connectivity index (χ1) is 8.56. The van der Waals surface area contributed by atoms with Crippen LogP contribution in [0.2, 0.25) is 0 Å². The van der Waals surface area contributed by atoms with Crippen LogP contribution >= 0.6 is 0 Å². The molecule has 1 saturated heterocycles. The molecule has 0 radical (unpaired) electrons. The minimum Gasteiger partial charge on any atom is -0.353 e. The van der Waals surface area contributed by atoms with Crippen LogP contribution in [0.4, 0.5) is 0 Å². The highest BCUT2D eigenvalue weighted by Crippen LogP contribution is 2.17. The standard InChI is InChI=1S/C14H29N3O/c1-4-7-12(15)14(18)16-10-13(11(2)3)17-8-5-6-9-17/h11-13H,4-10,15H2,1-3H3,(H,16,18). The van der Waals surface area contributed by atoms with E-state index in [0.717, 1.165) is 19.4 Å². The SMILES string of the molecule is CCCC(N)C(=O)NCC(C(C)C)N1CCCC1. The van der Waals surface area contributed by atoms with Crippen molar-refractivity contribution in [1.82, 2.24) is 10.2 Å². The van der Waals surface area contributed by atoms with Gasteiger partial charge in [-0.3, -0.25) is 9.69 Å². The summed E-state index contributed by atoms with van der Waals surface area (Å²) in [5, 5.41) is 3.02. The van der Waals surface area contributed by atoms with E-state index in [1.165, 1.54) is 25.9 Å². The van der Waals surface area contributed by atoms with E-state index >= 15 is 0 Å². The van der Waals surface area contributed by atoms with Gasteiger partial charge in [0.05, 0.1) is 6.04 Å². The molecule has 18 heavy (non-hydrogen) atoms. The number of carbonyl (C=O) groups excluding carboxylic acids is 1. The van der Waals surface area contributed by atoms with E-state index in [-0.39, 0.29) is 11.9 Å². The van der Waals surface area contributed by atoms with Crippen molar-refractivity contribution in [3.8, 4) is 0 Å². The highest BCUT2D eigenvalue weighted by Gasteiger charge is 2.25. The predicted octanol–water partition coefficient (Wildman–Crippen LogP) is 1.35. The van der Waals surface area contributed by atoms with Crippen molar-refractivity contribution in [2.75, 3.05) is 19.6 Å². The summed E-state index contributed by atoms with van der Waals surface area (Å²) in [6.07, 6.45) is 4.29. The van der Waals surface area contributed by atoms with Crippen molar-refractivity contribution < 1.29 is 4.79 Å². The van der Waals surface area contributed by atoms with E-state index in [1.54, 1.807) is 0 Å². The fourth-order valence-electron chi connectivity index (χ4n) is 2.64. The summed E-state index contributed by atoms with van der Waals surface area (Å²) in [4.78, 5) is 14.3. The number of nitrogens with zero attached hydrogens (tertiary/aromatic N) is 1. The lowest BCUT2D eigenvalue weighted by atomic mass is 10.0. The zero-order valence-corrected chi connectivity index (χ0v) is 12.1. The average molecular weight is 255 g/mol. The van der Waals surface area contributed by atoms with Crippen LogP contribution in [0.1, 0.15) is 46.5 Å². The molecule has 4 nitrogen and oxygen atoms in total.